The summed E-state index contributed by atoms with van der Waals surface area (Å²) in [7, 11) is 0. The maximum Gasteiger partial charge on any atom is 0.267 e. The second-order valence-corrected chi connectivity index (χ2v) is 6.19. The average molecular weight is 350 g/mol. The van der Waals surface area contributed by atoms with Crippen LogP contribution in [0.5, 0.6) is 5.75 Å². The Morgan fingerprint density at radius 1 is 1.15 bits per heavy atom. The summed E-state index contributed by atoms with van der Waals surface area (Å²) in [5.41, 5.74) is 3.99. The van der Waals surface area contributed by atoms with Crippen molar-refractivity contribution in [3.05, 3.63) is 65.7 Å². The number of ether oxygens (including phenoxy) is 1. The van der Waals surface area contributed by atoms with E-state index in [1.54, 1.807) is 13.0 Å². The van der Waals surface area contributed by atoms with Crippen molar-refractivity contribution in [3.63, 3.8) is 0 Å². The van der Waals surface area contributed by atoms with E-state index in [1.807, 2.05) is 55.5 Å². The highest BCUT2D eigenvalue weighted by molar-refractivity contribution is 5.93. The predicted octanol–water partition coefficient (Wildman–Crippen LogP) is 4.62. The van der Waals surface area contributed by atoms with Gasteiger partial charge in [-0.15, -0.1) is 0 Å². The normalized spacial score (nSPS) is 11.8. The third kappa shape index (κ3) is 4.30. The second kappa shape index (κ2) is 7.87. The largest absolute Gasteiger partial charge is 0.481 e. The third-order valence-corrected chi connectivity index (χ3v) is 4.12. The van der Waals surface area contributed by atoms with Crippen molar-refractivity contribution >= 4 is 11.8 Å². The van der Waals surface area contributed by atoms with Gasteiger partial charge in [0, 0.05) is 11.6 Å². The van der Waals surface area contributed by atoms with Gasteiger partial charge in [-0.3, -0.25) is 10.1 Å². The smallest absolute Gasteiger partial charge is 0.267 e. The van der Waals surface area contributed by atoms with Gasteiger partial charge in [-0.1, -0.05) is 54.0 Å². The molecule has 0 spiro atoms. The minimum Gasteiger partial charge on any atom is -0.481 e. The van der Waals surface area contributed by atoms with E-state index in [1.165, 1.54) is 11.1 Å². The molecule has 0 fully saturated rings. The quantitative estimate of drug-likeness (QED) is 0.704. The highest BCUT2D eigenvalue weighted by atomic mass is 16.5. The Labute approximate surface area is 153 Å². The summed E-state index contributed by atoms with van der Waals surface area (Å²) in [5, 5.41) is 6.69. The molecule has 5 heteroatoms. The third-order valence-electron chi connectivity index (χ3n) is 4.12. The Balaban J connectivity index is 1.61. The molecule has 3 aromatic rings. The summed E-state index contributed by atoms with van der Waals surface area (Å²) in [4.78, 5) is 12.3. The number of hydrogen-bond donors (Lipinski definition) is 1. The summed E-state index contributed by atoms with van der Waals surface area (Å²) in [6, 6.07) is 17.3. The van der Waals surface area contributed by atoms with E-state index < -0.39 is 6.10 Å². The minimum absolute atomic E-state index is 0.294. The fourth-order valence-electron chi connectivity index (χ4n) is 2.48. The van der Waals surface area contributed by atoms with Crippen molar-refractivity contribution in [2.75, 3.05) is 5.32 Å². The van der Waals surface area contributed by atoms with Crippen molar-refractivity contribution in [1.29, 1.82) is 0 Å². The molecule has 1 heterocycles. The van der Waals surface area contributed by atoms with Gasteiger partial charge in [-0.25, -0.2) is 0 Å². The average Bonchev–Trinajstić information content (AvgIpc) is 3.11. The van der Waals surface area contributed by atoms with Crippen LogP contribution in [0.25, 0.3) is 11.3 Å². The number of anilines is 1. The maximum absolute atomic E-state index is 12.3. The van der Waals surface area contributed by atoms with Crippen LogP contribution in [-0.2, 0) is 11.2 Å². The summed E-state index contributed by atoms with van der Waals surface area (Å²) in [6.07, 6.45) is 0.306. The summed E-state index contributed by atoms with van der Waals surface area (Å²) < 4.78 is 10.9. The molecular weight excluding hydrogens is 328 g/mol. The SMILES string of the molecule is CCc1ccc(O[C@@H](C)C(=O)Nc2cc(-c3ccc(C)cc3)no2)cc1. The molecule has 1 N–H and O–H groups in total. The zero-order valence-electron chi connectivity index (χ0n) is 15.2. The number of aryl methyl sites for hydroxylation is 2. The van der Waals surface area contributed by atoms with Crippen LogP contribution in [0.4, 0.5) is 5.88 Å². The number of amides is 1. The van der Waals surface area contributed by atoms with Crippen molar-refractivity contribution in [3.8, 4) is 17.0 Å². The van der Waals surface area contributed by atoms with Crippen LogP contribution in [0, 0.1) is 6.92 Å². The van der Waals surface area contributed by atoms with Crippen LogP contribution in [-0.4, -0.2) is 17.2 Å². The van der Waals surface area contributed by atoms with Gasteiger partial charge in [0.25, 0.3) is 5.91 Å². The monoisotopic (exact) mass is 350 g/mol. The predicted molar refractivity (Wildman–Crippen MR) is 101 cm³/mol. The second-order valence-electron chi connectivity index (χ2n) is 6.19. The number of carbonyl (C=O) groups excluding carboxylic acids is 1. The standard InChI is InChI=1S/C21H22N2O3/c1-4-16-7-11-18(12-8-16)25-15(3)21(24)22-20-13-19(23-26-20)17-9-5-14(2)6-10-17/h5-13,15H,4H2,1-3H3,(H,22,24)/t15-/m0/s1. The summed E-state index contributed by atoms with van der Waals surface area (Å²) in [6.45, 7) is 5.81. The van der Waals surface area contributed by atoms with E-state index in [-0.39, 0.29) is 5.91 Å². The van der Waals surface area contributed by atoms with Crippen LogP contribution in [0.2, 0.25) is 0 Å². The minimum atomic E-state index is -0.657. The molecule has 0 bridgehead atoms. The number of nitrogens with zero attached hydrogens (tertiary/aromatic N) is 1. The Bertz CT molecular complexity index is 867. The lowest BCUT2D eigenvalue weighted by atomic mass is 10.1. The Hall–Kier alpha value is -3.08. The number of carbonyl (C=O) groups is 1. The molecule has 1 atom stereocenters. The van der Waals surface area contributed by atoms with Crippen molar-refractivity contribution < 1.29 is 14.1 Å². The molecule has 0 aliphatic heterocycles. The molecule has 0 unspecified atom stereocenters. The highest BCUT2D eigenvalue weighted by Gasteiger charge is 2.17. The Morgan fingerprint density at radius 2 is 1.85 bits per heavy atom. The number of aromatic nitrogens is 1. The molecule has 0 saturated heterocycles. The van der Waals surface area contributed by atoms with Gasteiger partial charge < -0.3 is 9.26 Å². The fraction of sp³-hybridized carbons (Fsp3) is 0.238. The maximum atomic E-state index is 12.3. The van der Waals surface area contributed by atoms with Gasteiger partial charge in [0.2, 0.25) is 5.88 Å². The van der Waals surface area contributed by atoms with Crippen molar-refractivity contribution in [1.82, 2.24) is 5.16 Å². The molecule has 0 saturated carbocycles. The molecule has 2 aromatic carbocycles. The van der Waals surface area contributed by atoms with E-state index in [2.05, 4.69) is 17.4 Å². The number of rotatable bonds is 6. The number of hydrogen-bond acceptors (Lipinski definition) is 4. The molecule has 0 radical (unpaired) electrons. The van der Waals surface area contributed by atoms with E-state index in [0.717, 1.165) is 12.0 Å². The van der Waals surface area contributed by atoms with E-state index in [9.17, 15) is 4.79 Å². The van der Waals surface area contributed by atoms with Crippen LogP contribution in [0.3, 0.4) is 0 Å². The van der Waals surface area contributed by atoms with Gasteiger partial charge >= 0.3 is 0 Å². The van der Waals surface area contributed by atoms with Crippen LogP contribution < -0.4 is 10.1 Å². The molecule has 5 nitrogen and oxygen atoms in total. The van der Waals surface area contributed by atoms with Gasteiger partial charge in [-0.2, -0.15) is 0 Å². The van der Waals surface area contributed by atoms with E-state index in [0.29, 0.717) is 17.3 Å². The van der Waals surface area contributed by atoms with Crippen LogP contribution >= 0.6 is 0 Å². The summed E-state index contributed by atoms with van der Waals surface area (Å²) in [5.74, 6) is 0.654. The van der Waals surface area contributed by atoms with Crippen molar-refractivity contribution in [2.45, 2.75) is 33.3 Å². The molecular formula is C21H22N2O3. The lowest BCUT2D eigenvalue weighted by Gasteiger charge is -2.13. The van der Waals surface area contributed by atoms with Gasteiger partial charge in [0.1, 0.15) is 11.4 Å². The van der Waals surface area contributed by atoms with Crippen LogP contribution in [0.15, 0.2) is 59.1 Å². The first-order chi connectivity index (χ1) is 12.5. The lowest BCUT2D eigenvalue weighted by Crippen LogP contribution is -2.29. The first kappa shape index (κ1) is 17.7. The van der Waals surface area contributed by atoms with E-state index in [4.69, 9.17) is 9.26 Å². The first-order valence-corrected chi connectivity index (χ1v) is 8.65. The van der Waals surface area contributed by atoms with Crippen LogP contribution in [0.1, 0.15) is 25.0 Å². The lowest BCUT2D eigenvalue weighted by molar-refractivity contribution is -0.122. The molecule has 1 amide bonds. The summed E-state index contributed by atoms with van der Waals surface area (Å²) >= 11 is 0. The van der Waals surface area contributed by atoms with E-state index >= 15 is 0 Å². The molecule has 0 aliphatic carbocycles. The Morgan fingerprint density at radius 3 is 2.50 bits per heavy atom. The van der Waals surface area contributed by atoms with Crippen molar-refractivity contribution in [2.24, 2.45) is 0 Å². The fourth-order valence-corrected chi connectivity index (χ4v) is 2.48. The Kier molecular flexibility index (Phi) is 5.37. The topological polar surface area (TPSA) is 64.4 Å². The molecule has 1 aromatic heterocycles. The zero-order chi connectivity index (χ0) is 18.5. The molecule has 26 heavy (non-hydrogen) atoms. The first-order valence-electron chi connectivity index (χ1n) is 8.65. The molecule has 0 aliphatic rings. The highest BCUT2D eigenvalue weighted by Crippen LogP contribution is 2.22. The van der Waals surface area contributed by atoms with Gasteiger partial charge in [0.05, 0.1) is 0 Å². The molecule has 134 valence electrons. The number of benzene rings is 2. The van der Waals surface area contributed by atoms with Gasteiger partial charge in [0.15, 0.2) is 6.10 Å². The molecule has 3 rings (SSSR count). The number of nitrogens with one attached hydrogen (secondary N) is 1. The zero-order valence-corrected chi connectivity index (χ0v) is 15.2. The van der Waals surface area contributed by atoms with Gasteiger partial charge in [-0.05, 0) is 38.0 Å².